The van der Waals surface area contributed by atoms with E-state index in [1.54, 1.807) is 11.9 Å². The molecule has 2 aliphatic heterocycles. The van der Waals surface area contributed by atoms with Crippen molar-refractivity contribution in [2.75, 3.05) is 13.6 Å². The minimum absolute atomic E-state index is 0.0616. The van der Waals surface area contributed by atoms with E-state index in [4.69, 9.17) is 5.73 Å². The molecule has 0 aromatic heterocycles. The van der Waals surface area contributed by atoms with Crippen molar-refractivity contribution in [2.24, 2.45) is 23.5 Å². The predicted octanol–water partition coefficient (Wildman–Crippen LogP) is 5.71. The second-order valence-electron chi connectivity index (χ2n) is 12.1. The summed E-state index contributed by atoms with van der Waals surface area (Å²) in [6.07, 6.45) is 0.130. The van der Waals surface area contributed by atoms with Gasteiger partial charge in [0.1, 0.15) is 0 Å². The van der Waals surface area contributed by atoms with Gasteiger partial charge < -0.3 is 10.6 Å². The Balaban J connectivity index is 1.51. The Bertz CT molecular complexity index is 1140. The maximum absolute atomic E-state index is 14.1. The van der Waals surface area contributed by atoms with Crippen molar-refractivity contribution in [1.82, 2.24) is 9.80 Å². The van der Waals surface area contributed by atoms with Gasteiger partial charge in [-0.2, -0.15) is 13.2 Å². The van der Waals surface area contributed by atoms with Gasteiger partial charge in [0.2, 0.25) is 5.91 Å². The number of carbonyl (C=O) groups excluding carboxylic acids is 2. The number of hydrogen-bond donors (Lipinski definition) is 1. The number of benzene rings is 2. The third-order valence-electron chi connectivity index (χ3n) is 8.56. The minimum atomic E-state index is -4.40. The standard InChI is InChI=1S/C32H42F3N3O2/c1-21(2)17-28(31(40)37(3)19-23-9-12-24(13-10-23)32(33,34)35)27-16-15-26(14-11-22-7-5-4-6-8-22)38-20-25(36)18-29(38)30(27)39/h4-10,12-13,21,25-29H,11,14-20,36H2,1-3H3/t25-,26?,27?,28+,29+/m1/s1. The van der Waals surface area contributed by atoms with Gasteiger partial charge in [-0.15, -0.1) is 0 Å². The molecule has 1 amide bonds. The first kappa shape index (κ1) is 30.3. The SMILES string of the molecule is CC(C)C[C@H](C(=O)N(C)Cc1ccc(C(F)(F)F)cc1)C1CCC(CCc2ccccc2)N2C[C@H](N)C[C@H]2C1=O. The van der Waals surface area contributed by atoms with Crippen molar-refractivity contribution in [3.05, 3.63) is 71.3 Å². The number of halogens is 3. The molecule has 5 atom stereocenters. The molecular weight excluding hydrogens is 515 g/mol. The van der Waals surface area contributed by atoms with Crippen LogP contribution in [0.1, 0.15) is 62.6 Å². The minimum Gasteiger partial charge on any atom is -0.341 e. The normalized spacial score (nSPS) is 24.6. The molecule has 0 aliphatic carbocycles. The molecule has 0 bridgehead atoms. The van der Waals surface area contributed by atoms with Crippen LogP contribution < -0.4 is 5.73 Å². The maximum Gasteiger partial charge on any atom is 0.416 e. The Morgan fingerprint density at radius 1 is 1.05 bits per heavy atom. The number of amides is 1. The number of hydrogen-bond acceptors (Lipinski definition) is 4. The van der Waals surface area contributed by atoms with Crippen molar-refractivity contribution in [3.63, 3.8) is 0 Å². The topological polar surface area (TPSA) is 66.6 Å². The van der Waals surface area contributed by atoms with Crippen molar-refractivity contribution in [3.8, 4) is 0 Å². The summed E-state index contributed by atoms with van der Waals surface area (Å²) >= 11 is 0. The zero-order valence-electron chi connectivity index (χ0n) is 23.7. The van der Waals surface area contributed by atoms with Crippen LogP contribution >= 0.6 is 0 Å². The lowest BCUT2D eigenvalue weighted by molar-refractivity contribution is -0.142. The van der Waals surface area contributed by atoms with Crippen molar-refractivity contribution in [2.45, 2.75) is 83.2 Å². The van der Waals surface area contributed by atoms with Gasteiger partial charge in [-0.1, -0.05) is 56.3 Å². The van der Waals surface area contributed by atoms with E-state index in [1.165, 1.54) is 17.7 Å². The molecule has 2 unspecified atom stereocenters. The molecule has 5 nitrogen and oxygen atoms in total. The molecule has 2 aliphatic rings. The number of alkyl halides is 3. The second kappa shape index (κ2) is 12.9. The molecule has 4 rings (SSSR count). The number of fused-ring (bicyclic) bond motifs is 1. The highest BCUT2D eigenvalue weighted by Crippen LogP contribution is 2.38. The van der Waals surface area contributed by atoms with Gasteiger partial charge in [0.05, 0.1) is 11.6 Å². The first-order chi connectivity index (χ1) is 18.9. The highest BCUT2D eigenvalue weighted by molar-refractivity contribution is 5.92. The van der Waals surface area contributed by atoms with Gasteiger partial charge >= 0.3 is 6.18 Å². The molecule has 0 spiro atoms. The fourth-order valence-electron chi connectivity index (χ4n) is 6.57. The lowest BCUT2D eigenvalue weighted by atomic mass is 9.77. The van der Waals surface area contributed by atoms with Crippen LogP contribution in [0.3, 0.4) is 0 Å². The van der Waals surface area contributed by atoms with Gasteiger partial charge in [-0.25, -0.2) is 0 Å². The summed E-state index contributed by atoms with van der Waals surface area (Å²) in [4.78, 5) is 31.8. The predicted molar refractivity (Wildman–Crippen MR) is 150 cm³/mol. The quantitative estimate of drug-likeness (QED) is 0.429. The molecular formula is C32H42F3N3O2. The fraction of sp³-hybridized carbons (Fsp3) is 0.562. The molecule has 40 heavy (non-hydrogen) atoms. The van der Waals surface area contributed by atoms with E-state index >= 15 is 0 Å². The highest BCUT2D eigenvalue weighted by atomic mass is 19.4. The molecule has 2 N–H and O–H groups in total. The van der Waals surface area contributed by atoms with Crippen LogP contribution in [0.4, 0.5) is 13.2 Å². The first-order valence-corrected chi connectivity index (χ1v) is 14.4. The van der Waals surface area contributed by atoms with Crippen molar-refractivity contribution in [1.29, 1.82) is 0 Å². The van der Waals surface area contributed by atoms with Crippen LogP contribution in [0, 0.1) is 17.8 Å². The number of ketones is 1. The maximum atomic E-state index is 14.1. The average Bonchev–Trinajstić information content (AvgIpc) is 3.25. The molecule has 2 aromatic carbocycles. The Labute approximate surface area is 235 Å². The number of aryl methyl sites for hydroxylation is 1. The Morgan fingerprint density at radius 3 is 2.35 bits per heavy atom. The molecule has 8 heteroatoms. The lowest BCUT2D eigenvalue weighted by Gasteiger charge is -2.32. The monoisotopic (exact) mass is 557 g/mol. The molecule has 2 fully saturated rings. The van der Waals surface area contributed by atoms with E-state index in [9.17, 15) is 22.8 Å². The van der Waals surface area contributed by atoms with Gasteiger partial charge in [0.25, 0.3) is 0 Å². The number of carbonyl (C=O) groups is 2. The van der Waals surface area contributed by atoms with Gasteiger partial charge in [-0.3, -0.25) is 14.5 Å². The Morgan fingerprint density at radius 2 is 1.73 bits per heavy atom. The Hall–Kier alpha value is -2.71. The number of Topliss-reactive ketones (excluding diaryl/α,β-unsaturated/α-hetero) is 1. The Kier molecular flexibility index (Phi) is 9.72. The molecule has 2 saturated heterocycles. The van der Waals surface area contributed by atoms with E-state index in [0.717, 1.165) is 31.4 Å². The van der Waals surface area contributed by atoms with Crippen LogP contribution in [0.5, 0.6) is 0 Å². The van der Waals surface area contributed by atoms with Gasteiger partial charge in [0, 0.05) is 44.1 Å². The first-order valence-electron chi connectivity index (χ1n) is 14.4. The summed E-state index contributed by atoms with van der Waals surface area (Å²) in [5, 5.41) is 0. The molecule has 0 radical (unpaired) electrons. The summed E-state index contributed by atoms with van der Waals surface area (Å²) in [7, 11) is 1.68. The smallest absolute Gasteiger partial charge is 0.341 e. The van der Waals surface area contributed by atoms with Crippen molar-refractivity contribution >= 4 is 11.7 Å². The molecule has 218 valence electrons. The van der Waals surface area contributed by atoms with Crippen LogP contribution in [0.2, 0.25) is 0 Å². The van der Waals surface area contributed by atoms with E-state index in [0.29, 0.717) is 31.4 Å². The van der Waals surface area contributed by atoms with E-state index in [-0.39, 0.29) is 42.3 Å². The van der Waals surface area contributed by atoms with Crippen LogP contribution in [0.25, 0.3) is 0 Å². The average molecular weight is 558 g/mol. The third-order valence-corrected chi connectivity index (χ3v) is 8.56. The third kappa shape index (κ3) is 7.32. The highest BCUT2D eigenvalue weighted by Gasteiger charge is 2.47. The summed E-state index contributed by atoms with van der Waals surface area (Å²) in [5.41, 5.74) is 7.55. The van der Waals surface area contributed by atoms with Crippen LogP contribution in [-0.4, -0.2) is 53.2 Å². The van der Waals surface area contributed by atoms with Crippen molar-refractivity contribution < 1.29 is 22.8 Å². The molecule has 0 saturated carbocycles. The summed E-state index contributed by atoms with van der Waals surface area (Å²) in [6, 6.07) is 15.2. The number of nitrogens with zero attached hydrogens (tertiary/aromatic N) is 2. The summed E-state index contributed by atoms with van der Waals surface area (Å²) in [5.74, 6) is -0.663. The number of nitrogens with two attached hydrogens (primary N) is 1. The van der Waals surface area contributed by atoms with Crippen LogP contribution in [0.15, 0.2) is 54.6 Å². The van der Waals surface area contributed by atoms with E-state index < -0.39 is 23.6 Å². The number of rotatable bonds is 9. The van der Waals surface area contributed by atoms with Gasteiger partial charge in [-0.05, 0) is 67.7 Å². The van der Waals surface area contributed by atoms with Crippen LogP contribution in [-0.2, 0) is 28.7 Å². The largest absolute Gasteiger partial charge is 0.416 e. The van der Waals surface area contributed by atoms with E-state index in [1.807, 2.05) is 18.2 Å². The molecule has 2 heterocycles. The van der Waals surface area contributed by atoms with Gasteiger partial charge in [0.15, 0.2) is 5.78 Å². The van der Waals surface area contributed by atoms with E-state index in [2.05, 4.69) is 30.9 Å². The molecule has 2 aromatic rings. The summed E-state index contributed by atoms with van der Waals surface area (Å²) < 4.78 is 39.0. The summed E-state index contributed by atoms with van der Waals surface area (Å²) in [6.45, 7) is 4.99. The lowest BCUT2D eigenvalue weighted by Crippen LogP contribution is -2.45. The second-order valence-corrected chi connectivity index (χ2v) is 12.1. The zero-order valence-corrected chi connectivity index (χ0v) is 23.7. The zero-order chi connectivity index (χ0) is 29.0. The fourth-order valence-corrected chi connectivity index (χ4v) is 6.57.